The van der Waals surface area contributed by atoms with Crippen molar-refractivity contribution in [1.29, 1.82) is 0 Å². The molecular weight excluding hydrogens is 356 g/mol. The fraction of sp³-hybridized carbons (Fsp3) is 0.500. The third kappa shape index (κ3) is 3.64. The third-order valence-corrected chi connectivity index (χ3v) is 5.54. The van der Waals surface area contributed by atoms with Gasteiger partial charge in [0.05, 0.1) is 4.90 Å². The number of benzene rings is 1. The molecule has 1 heterocycles. The minimum atomic E-state index is -3.84. The highest BCUT2D eigenvalue weighted by Crippen LogP contribution is 2.27. The summed E-state index contributed by atoms with van der Waals surface area (Å²) in [6.45, 7) is 5.32. The standard InChI is InChI=1S/C14H19BrN2O3S/c1-9-4-3-5-17(8-9)14(18)12-6-11(21(16,19)20)7-13(15)10(12)2/h6-7,9H,3-5,8H2,1-2H3,(H2,16,19,20). The van der Waals surface area contributed by atoms with Crippen molar-refractivity contribution in [3.8, 4) is 0 Å². The SMILES string of the molecule is Cc1c(Br)cc(S(N)(=O)=O)cc1C(=O)N1CCCC(C)C1. The monoisotopic (exact) mass is 374 g/mol. The number of carbonyl (C=O) groups is 1. The van der Waals surface area contributed by atoms with E-state index in [0.29, 0.717) is 29.0 Å². The van der Waals surface area contributed by atoms with Crippen LogP contribution in [0.5, 0.6) is 0 Å². The first-order valence-corrected chi connectivity index (χ1v) is 9.16. The first-order valence-electron chi connectivity index (χ1n) is 6.82. The van der Waals surface area contributed by atoms with Crippen molar-refractivity contribution >= 4 is 31.9 Å². The maximum atomic E-state index is 12.7. The van der Waals surface area contributed by atoms with E-state index in [1.165, 1.54) is 12.1 Å². The van der Waals surface area contributed by atoms with Crippen LogP contribution in [0.25, 0.3) is 0 Å². The average molecular weight is 375 g/mol. The van der Waals surface area contributed by atoms with Gasteiger partial charge in [0.25, 0.3) is 5.91 Å². The molecular formula is C14H19BrN2O3S. The molecule has 1 fully saturated rings. The molecule has 0 radical (unpaired) electrons. The van der Waals surface area contributed by atoms with Gasteiger partial charge in [-0.25, -0.2) is 13.6 Å². The molecule has 1 unspecified atom stereocenters. The van der Waals surface area contributed by atoms with Crippen molar-refractivity contribution < 1.29 is 13.2 Å². The molecule has 21 heavy (non-hydrogen) atoms. The molecule has 1 aliphatic rings. The first kappa shape index (κ1) is 16.5. The lowest BCUT2D eigenvalue weighted by Gasteiger charge is -2.31. The van der Waals surface area contributed by atoms with Crippen LogP contribution in [0.1, 0.15) is 35.7 Å². The highest BCUT2D eigenvalue weighted by molar-refractivity contribution is 9.10. The number of nitrogens with two attached hydrogens (primary N) is 1. The molecule has 7 heteroatoms. The number of sulfonamides is 1. The Morgan fingerprint density at radius 3 is 2.67 bits per heavy atom. The molecule has 1 atom stereocenters. The van der Waals surface area contributed by atoms with Crippen molar-refractivity contribution in [1.82, 2.24) is 4.90 Å². The van der Waals surface area contributed by atoms with Crippen LogP contribution in [-0.4, -0.2) is 32.3 Å². The number of carbonyl (C=O) groups excluding carboxylic acids is 1. The van der Waals surface area contributed by atoms with Gasteiger partial charge in [0, 0.05) is 23.1 Å². The summed E-state index contributed by atoms with van der Waals surface area (Å²) < 4.78 is 23.6. The van der Waals surface area contributed by atoms with Gasteiger partial charge in [-0.1, -0.05) is 22.9 Å². The Labute approximate surface area is 133 Å². The third-order valence-electron chi connectivity index (χ3n) is 3.82. The smallest absolute Gasteiger partial charge is 0.254 e. The summed E-state index contributed by atoms with van der Waals surface area (Å²) in [4.78, 5) is 14.4. The Hall–Kier alpha value is -0.920. The summed E-state index contributed by atoms with van der Waals surface area (Å²) >= 11 is 3.30. The fourth-order valence-electron chi connectivity index (χ4n) is 2.58. The molecule has 5 nitrogen and oxygen atoms in total. The molecule has 1 aromatic carbocycles. The van der Waals surface area contributed by atoms with Gasteiger partial charge in [0.1, 0.15) is 0 Å². The van der Waals surface area contributed by atoms with E-state index < -0.39 is 10.0 Å². The van der Waals surface area contributed by atoms with Crippen LogP contribution < -0.4 is 5.14 Å². The summed E-state index contributed by atoms with van der Waals surface area (Å²) in [5.41, 5.74) is 1.12. The maximum Gasteiger partial charge on any atom is 0.254 e. The van der Waals surface area contributed by atoms with Crippen LogP contribution in [0.4, 0.5) is 0 Å². The van der Waals surface area contributed by atoms with Crippen LogP contribution in [-0.2, 0) is 10.0 Å². The predicted octanol–water partition coefficient (Wildman–Crippen LogP) is 2.28. The minimum absolute atomic E-state index is 0.0478. The van der Waals surface area contributed by atoms with Crippen molar-refractivity contribution in [3.05, 3.63) is 27.7 Å². The summed E-state index contributed by atoms with van der Waals surface area (Å²) in [5.74, 6) is 0.332. The Bertz CT molecular complexity index is 673. The molecule has 1 amide bonds. The van der Waals surface area contributed by atoms with E-state index in [-0.39, 0.29) is 10.8 Å². The second-order valence-electron chi connectivity index (χ2n) is 5.62. The van der Waals surface area contributed by atoms with Gasteiger partial charge in [0.2, 0.25) is 10.0 Å². The van der Waals surface area contributed by atoms with E-state index >= 15 is 0 Å². The van der Waals surface area contributed by atoms with E-state index in [1.54, 1.807) is 11.8 Å². The zero-order valence-corrected chi connectivity index (χ0v) is 14.5. The zero-order valence-electron chi connectivity index (χ0n) is 12.1. The van der Waals surface area contributed by atoms with Gasteiger partial charge < -0.3 is 4.90 Å². The van der Waals surface area contributed by atoms with E-state index in [4.69, 9.17) is 5.14 Å². The van der Waals surface area contributed by atoms with E-state index in [9.17, 15) is 13.2 Å². The van der Waals surface area contributed by atoms with Gasteiger partial charge in [-0.3, -0.25) is 4.79 Å². The molecule has 1 saturated heterocycles. The zero-order chi connectivity index (χ0) is 15.8. The molecule has 0 saturated carbocycles. The molecule has 1 aliphatic heterocycles. The van der Waals surface area contributed by atoms with Gasteiger partial charge in [0.15, 0.2) is 0 Å². The largest absolute Gasteiger partial charge is 0.338 e. The van der Waals surface area contributed by atoms with Crippen molar-refractivity contribution in [3.63, 3.8) is 0 Å². The Morgan fingerprint density at radius 1 is 1.43 bits per heavy atom. The second kappa shape index (κ2) is 6.06. The lowest BCUT2D eigenvalue weighted by molar-refractivity contribution is 0.0682. The lowest BCUT2D eigenvalue weighted by atomic mass is 9.99. The number of hydrogen-bond acceptors (Lipinski definition) is 3. The van der Waals surface area contributed by atoms with Crippen molar-refractivity contribution in [2.45, 2.75) is 31.6 Å². The number of halogens is 1. The van der Waals surface area contributed by atoms with Crippen LogP contribution in [0.3, 0.4) is 0 Å². The van der Waals surface area contributed by atoms with Gasteiger partial charge in [-0.2, -0.15) is 0 Å². The molecule has 2 N–H and O–H groups in total. The lowest BCUT2D eigenvalue weighted by Crippen LogP contribution is -2.39. The average Bonchev–Trinajstić information content (AvgIpc) is 2.39. The molecule has 116 valence electrons. The van der Waals surface area contributed by atoms with Gasteiger partial charge in [-0.05, 0) is 43.4 Å². The Balaban J connectivity index is 2.43. The normalized spacial score (nSPS) is 19.6. The quantitative estimate of drug-likeness (QED) is 0.861. The van der Waals surface area contributed by atoms with Crippen molar-refractivity contribution in [2.24, 2.45) is 11.1 Å². The van der Waals surface area contributed by atoms with E-state index in [1.807, 2.05) is 0 Å². The van der Waals surface area contributed by atoms with Crippen molar-refractivity contribution in [2.75, 3.05) is 13.1 Å². The molecule has 2 rings (SSSR count). The molecule has 0 spiro atoms. The second-order valence-corrected chi connectivity index (χ2v) is 8.04. The molecule has 0 bridgehead atoms. The van der Waals surface area contributed by atoms with Crippen LogP contribution in [0.15, 0.2) is 21.5 Å². The predicted molar refractivity (Wildman–Crippen MR) is 84.6 cm³/mol. The highest BCUT2D eigenvalue weighted by Gasteiger charge is 2.25. The minimum Gasteiger partial charge on any atom is -0.338 e. The summed E-state index contributed by atoms with van der Waals surface area (Å²) in [7, 11) is -3.84. The number of nitrogens with zero attached hydrogens (tertiary/aromatic N) is 1. The van der Waals surface area contributed by atoms with Crippen LogP contribution in [0.2, 0.25) is 0 Å². The number of hydrogen-bond donors (Lipinski definition) is 1. The fourth-order valence-corrected chi connectivity index (χ4v) is 3.76. The number of amides is 1. The van der Waals surface area contributed by atoms with Gasteiger partial charge in [-0.15, -0.1) is 0 Å². The van der Waals surface area contributed by atoms with E-state index in [2.05, 4.69) is 22.9 Å². The Morgan fingerprint density at radius 2 is 2.10 bits per heavy atom. The molecule has 0 aromatic heterocycles. The summed E-state index contributed by atoms with van der Waals surface area (Å²) in [5, 5.41) is 5.17. The highest BCUT2D eigenvalue weighted by atomic mass is 79.9. The van der Waals surface area contributed by atoms with Gasteiger partial charge >= 0.3 is 0 Å². The number of likely N-dealkylation sites (tertiary alicyclic amines) is 1. The van der Waals surface area contributed by atoms with E-state index in [0.717, 1.165) is 18.4 Å². The Kier molecular flexibility index (Phi) is 4.75. The number of rotatable bonds is 2. The van der Waals surface area contributed by atoms with Crippen LogP contribution in [0, 0.1) is 12.8 Å². The maximum absolute atomic E-state index is 12.7. The number of piperidine rings is 1. The molecule has 1 aromatic rings. The molecule has 0 aliphatic carbocycles. The van der Waals surface area contributed by atoms with Crippen LogP contribution >= 0.6 is 15.9 Å². The number of primary sulfonamides is 1. The first-order chi connectivity index (χ1) is 9.70. The topological polar surface area (TPSA) is 80.5 Å². The summed E-state index contributed by atoms with van der Waals surface area (Å²) in [6.07, 6.45) is 2.09. The summed E-state index contributed by atoms with van der Waals surface area (Å²) in [6, 6.07) is 2.80.